The van der Waals surface area contributed by atoms with E-state index in [0.29, 0.717) is 0 Å². The first kappa shape index (κ1) is 9.50. The normalized spacial score (nSPS) is 29.8. The predicted molar refractivity (Wildman–Crippen MR) is 54.7 cm³/mol. The molecule has 1 heteroatoms. The lowest BCUT2D eigenvalue weighted by Crippen LogP contribution is -2.06. The summed E-state index contributed by atoms with van der Waals surface area (Å²) >= 11 is 0. The molecule has 0 heterocycles. The molecule has 0 bridgehead atoms. The Hall–Kier alpha value is -0.590. The fourth-order valence-electron chi connectivity index (χ4n) is 1.67. The smallest absolute Gasteiger partial charge is 0.0273 e. The average molecular weight is 165 g/mol. The Bertz CT molecular complexity index is 170. The number of hydrogen-bond donors (Lipinski definition) is 0. The number of aliphatic imine (C=N–C) groups is 1. The molecule has 0 radical (unpaired) electrons. The SMILES string of the molecule is CN=CCCC1C=C[C@H](C)CC1. The summed E-state index contributed by atoms with van der Waals surface area (Å²) in [5, 5.41) is 0. The predicted octanol–water partition coefficient (Wildman–Crippen LogP) is 3.07. The summed E-state index contributed by atoms with van der Waals surface area (Å²) in [5.74, 6) is 1.63. The van der Waals surface area contributed by atoms with Crippen molar-refractivity contribution < 1.29 is 0 Å². The zero-order valence-corrected chi connectivity index (χ0v) is 8.16. The maximum atomic E-state index is 3.99. The Labute approximate surface area is 75.6 Å². The van der Waals surface area contributed by atoms with Crippen LogP contribution in [0, 0.1) is 11.8 Å². The second-order valence-corrected chi connectivity index (χ2v) is 3.72. The van der Waals surface area contributed by atoms with Gasteiger partial charge in [0.15, 0.2) is 0 Å². The second-order valence-electron chi connectivity index (χ2n) is 3.72. The Morgan fingerprint density at radius 2 is 2.25 bits per heavy atom. The summed E-state index contributed by atoms with van der Waals surface area (Å²) in [6.45, 7) is 2.29. The van der Waals surface area contributed by atoms with Crippen molar-refractivity contribution in [2.24, 2.45) is 16.8 Å². The molecular formula is C11H19N. The van der Waals surface area contributed by atoms with E-state index in [1.165, 1.54) is 19.3 Å². The van der Waals surface area contributed by atoms with Gasteiger partial charge in [0, 0.05) is 7.05 Å². The lowest BCUT2D eigenvalue weighted by atomic mass is 9.87. The van der Waals surface area contributed by atoms with E-state index in [2.05, 4.69) is 24.1 Å². The number of nitrogens with zero attached hydrogens (tertiary/aromatic N) is 1. The molecule has 0 aromatic rings. The highest BCUT2D eigenvalue weighted by Crippen LogP contribution is 2.24. The van der Waals surface area contributed by atoms with Crippen molar-refractivity contribution in [2.45, 2.75) is 32.6 Å². The Kier molecular flexibility index (Phi) is 4.06. The second kappa shape index (κ2) is 5.13. The minimum Gasteiger partial charge on any atom is -0.301 e. The van der Waals surface area contributed by atoms with Crippen molar-refractivity contribution >= 4 is 6.21 Å². The van der Waals surface area contributed by atoms with Gasteiger partial charge in [0.05, 0.1) is 0 Å². The highest BCUT2D eigenvalue weighted by atomic mass is 14.6. The maximum Gasteiger partial charge on any atom is 0.0273 e. The van der Waals surface area contributed by atoms with Gasteiger partial charge in [0.25, 0.3) is 0 Å². The molecule has 1 nitrogen and oxygen atoms in total. The molecule has 1 aliphatic carbocycles. The minimum absolute atomic E-state index is 0.807. The van der Waals surface area contributed by atoms with Gasteiger partial charge < -0.3 is 4.99 Å². The fraction of sp³-hybridized carbons (Fsp3) is 0.727. The first-order valence-electron chi connectivity index (χ1n) is 4.92. The third-order valence-electron chi connectivity index (χ3n) is 2.55. The summed E-state index contributed by atoms with van der Waals surface area (Å²) in [4.78, 5) is 3.99. The summed E-state index contributed by atoms with van der Waals surface area (Å²) in [6.07, 6.45) is 11.9. The standard InChI is InChI=1S/C11H19N/c1-10-5-7-11(8-6-10)4-3-9-12-2/h5,7,9-11H,3-4,6,8H2,1-2H3/t10-,11?/m0/s1. The van der Waals surface area contributed by atoms with Crippen LogP contribution in [0.3, 0.4) is 0 Å². The third kappa shape index (κ3) is 3.21. The van der Waals surface area contributed by atoms with E-state index in [0.717, 1.165) is 18.3 Å². The van der Waals surface area contributed by atoms with E-state index in [9.17, 15) is 0 Å². The molecule has 0 amide bonds. The number of hydrogen-bond acceptors (Lipinski definition) is 1. The molecule has 0 aromatic heterocycles. The van der Waals surface area contributed by atoms with Crippen LogP contribution < -0.4 is 0 Å². The van der Waals surface area contributed by atoms with Gasteiger partial charge in [0.1, 0.15) is 0 Å². The van der Waals surface area contributed by atoms with Crippen LogP contribution in [0.25, 0.3) is 0 Å². The van der Waals surface area contributed by atoms with E-state index in [1.807, 2.05) is 13.3 Å². The molecule has 2 atom stereocenters. The molecule has 0 saturated heterocycles. The van der Waals surface area contributed by atoms with E-state index in [-0.39, 0.29) is 0 Å². The fourth-order valence-corrected chi connectivity index (χ4v) is 1.67. The Morgan fingerprint density at radius 3 is 2.83 bits per heavy atom. The molecule has 0 aromatic carbocycles. The maximum absolute atomic E-state index is 3.99. The van der Waals surface area contributed by atoms with Crippen molar-refractivity contribution in [1.29, 1.82) is 0 Å². The topological polar surface area (TPSA) is 12.4 Å². The first-order valence-corrected chi connectivity index (χ1v) is 4.92. The van der Waals surface area contributed by atoms with Crippen LogP contribution in [0.4, 0.5) is 0 Å². The summed E-state index contributed by atoms with van der Waals surface area (Å²) < 4.78 is 0. The van der Waals surface area contributed by atoms with E-state index in [4.69, 9.17) is 0 Å². The summed E-state index contributed by atoms with van der Waals surface area (Å²) in [6, 6.07) is 0. The van der Waals surface area contributed by atoms with Gasteiger partial charge >= 0.3 is 0 Å². The zero-order chi connectivity index (χ0) is 8.81. The molecule has 1 rings (SSSR count). The Morgan fingerprint density at radius 1 is 1.42 bits per heavy atom. The van der Waals surface area contributed by atoms with Gasteiger partial charge in [-0.3, -0.25) is 0 Å². The van der Waals surface area contributed by atoms with Gasteiger partial charge in [0.2, 0.25) is 0 Å². The first-order chi connectivity index (χ1) is 5.83. The summed E-state index contributed by atoms with van der Waals surface area (Å²) in [5.41, 5.74) is 0. The van der Waals surface area contributed by atoms with Crippen LogP contribution in [0.1, 0.15) is 32.6 Å². The van der Waals surface area contributed by atoms with Crippen molar-refractivity contribution in [3.63, 3.8) is 0 Å². The van der Waals surface area contributed by atoms with Crippen molar-refractivity contribution in [3.8, 4) is 0 Å². The third-order valence-corrected chi connectivity index (χ3v) is 2.55. The number of rotatable bonds is 3. The van der Waals surface area contributed by atoms with Crippen LogP contribution >= 0.6 is 0 Å². The van der Waals surface area contributed by atoms with E-state index in [1.54, 1.807) is 0 Å². The molecule has 1 unspecified atom stereocenters. The van der Waals surface area contributed by atoms with Crippen LogP contribution in [-0.4, -0.2) is 13.3 Å². The minimum atomic E-state index is 0.807. The molecule has 1 aliphatic rings. The highest BCUT2D eigenvalue weighted by Gasteiger charge is 2.11. The van der Waals surface area contributed by atoms with Crippen molar-refractivity contribution in [3.05, 3.63) is 12.2 Å². The van der Waals surface area contributed by atoms with Crippen LogP contribution in [0.15, 0.2) is 17.1 Å². The number of allylic oxidation sites excluding steroid dienone is 2. The Balaban J connectivity index is 2.21. The van der Waals surface area contributed by atoms with Crippen molar-refractivity contribution in [2.75, 3.05) is 7.05 Å². The molecular weight excluding hydrogens is 146 g/mol. The molecule has 0 saturated carbocycles. The molecule has 0 aliphatic heterocycles. The van der Waals surface area contributed by atoms with Crippen LogP contribution in [-0.2, 0) is 0 Å². The quantitative estimate of drug-likeness (QED) is 0.450. The van der Waals surface area contributed by atoms with E-state index < -0.39 is 0 Å². The highest BCUT2D eigenvalue weighted by molar-refractivity contribution is 5.56. The van der Waals surface area contributed by atoms with E-state index >= 15 is 0 Å². The van der Waals surface area contributed by atoms with Gasteiger partial charge in [-0.2, -0.15) is 0 Å². The van der Waals surface area contributed by atoms with Gasteiger partial charge in [-0.05, 0) is 43.7 Å². The van der Waals surface area contributed by atoms with Crippen LogP contribution in [0.2, 0.25) is 0 Å². The molecule has 0 fully saturated rings. The lowest BCUT2D eigenvalue weighted by molar-refractivity contribution is 0.460. The zero-order valence-electron chi connectivity index (χ0n) is 8.16. The van der Waals surface area contributed by atoms with Gasteiger partial charge in [-0.1, -0.05) is 19.1 Å². The molecule has 0 N–H and O–H groups in total. The molecule has 12 heavy (non-hydrogen) atoms. The monoisotopic (exact) mass is 165 g/mol. The largest absolute Gasteiger partial charge is 0.301 e. The van der Waals surface area contributed by atoms with Gasteiger partial charge in [-0.15, -0.1) is 0 Å². The average Bonchev–Trinajstić information content (AvgIpc) is 2.09. The van der Waals surface area contributed by atoms with Crippen molar-refractivity contribution in [1.82, 2.24) is 0 Å². The molecule has 68 valence electrons. The molecule has 0 spiro atoms. The van der Waals surface area contributed by atoms with Crippen LogP contribution in [0.5, 0.6) is 0 Å². The van der Waals surface area contributed by atoms with Gasteiger partial charge in [-0.25, -0.2) is 0 Å². The lowest BCUT2D eigenvalue weighted by Gasteiger charge is -2.19. The summed E-state index contributed by atoms with van der Waals surface area (Å²) in [7, 11) is 1.85.